The normalized spacial score (nSPS) is 24.1. The minimum absolute atomic E-state index is 0.184. The summed E-state index contributed by atoms with van der Waals surface area (Å²) in [4.78, 5) is 25.0. The molecule has 3 atom stereocenters. The zero-order chi connectivity index (χ0) is 18.2. The van der Waals surface area contributed by atoms with Gasteiger partial charge in [0.2, 0.25) is 0 Å². The molecule has 0 unspecified atom stereocenters. The van der Waals surface area contributed by atoms with E-state index in [1.807, 2.05) is 37.3 Å². The van der Waals surface area contributed by atoms with Gasteiger partial charge in [0.15, 0.2) is 0 Å². The van der Waals surface area contributed by atoms with Crippen molar-refractivity contribution in [3.05, 3.63) is 35.9 Å². The Morgan fingerprint density at radius 2 is 1.88 bits per heavy atom. The zero-order valence-electron chi connectivity index (χ0n) is 14.3. The number of ether oxygens (including phenoxy) is 2. The van der Waals surface area contributed by atoms with Gasteiger partial charge in [-0.1, -0.05) is 30.3 Å². The summed E-state index contributed by atoms with van der Waals surface area (Å²) in [6, 6.07) is 8.36. The average Bonchev–Trinajstić information content (AvgIpc) is 2.59. The van der Waals surface area contributed by atoms with Crippen molar-refractivity contribution >= 4 is 11.9 Å². The lowest BCUT2D eigenvalue weighted by Gasteiger charge is -2.40. The largest absolute Gasteiger partial charge is 0.481 e. The molecule has 1 fully saturated rings. The number of carboxylic acids is 2. The number of hydrogen-bond donors (Lipinski definition) is 2. The molecular formula is C18H25NO6. The third kappa shape index (κ3) is 5.52. The first-order valence-electron chi connectivity index (χ1n) is 8.45. The third-order valence-electron chi connectivity index (χ3n) is 4.31. The first kappa shape index (κ1) is 19.4. The van der Waals surface area contributed by atoms with Gasteiger partial charge in [-0.05, 0) is 18.9 Å². The molecule has 2 N–H and O–H groups in total. The minimum atomic E-state index is -1.11. The Kier molecular flexibility index (Phi) is 7.36. The van der Waals surface area contributed by atoms with E-state index in [9.17, 15) is 19.8 Å². The highest BCUT2D eigenvalue weighted by Gasteiger charge is 2.44. The third-order valence-corrected chi connectivity index (χ3v) is 4.31. The van der Waals surface area contributed by atoms with Crippen LogP contribution in [-0.2, 0) is 25.6 Å². The van der Waals surface area contributed by atoms with Crippen molar-refractivity contribution in [3.8, 4) is 0 Å². The Balaban J connectivity index is 2.12. The van der Waals surface area contributed by atoms with Crippen LogP contribution in [0.15, 0.2) is 30.3 Å². The summed E-state index contributed by atoms with van der Waals surface area (Å²) in [5.74, 6) is -3.23. The average molecular weight is 351 g/mol. The summed E-state index contributed by atoms with van der Waals surface area (Å²) in [6.07, 6.45) is -0.148. The number of carbonyl (C=O) groups is 2. The Labute approximate surface area is 147 Å². The lowest BCUT2D eigenvalue weighted by Crippen LogP contribution is -2.56. The van der Waals surface area contributed by atoms with Gasteiger partial charge in [-0.15, -0.1) is 0 Å². The molecule has 1 saturated heterocycles. The quantitative estimate of drug-likeness (QED) is 0.650. The summed E-state index contributed by atoms with van der Waals surface area (Å²) < 4.78 is 11.0. The van der Waals surface area contributed by atoms with E-state index >= 15 is 0 Å². The molecule has 0 spiro atoms. The highest BCUT2D eigenvalue weighted by molar-refractivity contribution is 5.83. The molecule has 1 aromatic rings. The Morgan fingerprint density at radius 1 is 1.16 bits per heavy atom. The fraction of sp³-hybridized carbons (Fsp3) is 0.556. The second kappa shape index (κ2) is 9.50. The van der Waals surface area contributed by atoms with E-state index in [0.29, 0.717) is 32.9 Å². The van der Waals surface area contributed by atoms with Gasteiger partial charge in [0.1, 0.15) is 6.04 Å². The van der Waals surface area contributed by atoms with Gasteiger partial charge in [-0.2, -0.15) is 0 Å². The molecule has 0 aliphatic carbocycles. The van der Waals surface area contributed by atoms with Crippen molar-refractivity contribution in [3.63, 3.8) is 0 Å². The molecule has 25 heavy (non-hydrogen) atoms. The number of hydrogen-bond acceptors (Lipinski definition) is 5. The standard InChI is InChI=1S/C18H25NO6/c1-2-24-8-9-25-14-10-15(17(20)21)16(18(22)23)19(12-14)11-13-6-4-3-5-7-13/h3-7,14-16H,2,8-12H2,1H3,(H,20,21)(H,22,23)/t14-,15-,16-/m0/s1. The minimum Gasteiger partial charge on any atom is -0.481 e. The van der Waals surface area contributed by atoms with Crippen LogP contribution in [0.4, 0.5) is 0 Å². The summed E-state index contributed by atoms with van der Waals surface area (Å²) in [7, 11) is 0. The van der Waals surface area contributed by atoms with Crippen LogP contribution in [0.1, 0.15) is 18.9 Å². The highest BCUT2D eigenvalue weighted by Crippen LogP contribution is 2.28. The number of likely N-dealkylation sites (tertiary alicyclic amines) is 1. The van der Waals surface area contributed by atoms with Crippen molar-refractivity contribution in [1.29, 1.82) is 0 Å². The second-order valence-electron chi connectivity index (χ2n) is 6.07. The van der Waals surface area contributed by atoms with Crippen molar-refractivity contribution < 1.29 is 29.3 Å². The topological polar surface area (TPSA) is 96.3 Å². The molecule has 1 aliphatic heterocycles. The number of rotatable bonds is 9. The maximum atomic E-state index is 11.7. The van der Waals surface area contributed by atoms with Gasteiger partial charge >= 0.3 is 11.9 Å². The van der Waals surface area contributed by atoms with E-state index in [4.69, 9.17) is 9.47 Å². The molecule has 1 heterocycles. The van der Waals surface area contributed by atoms with Gasteiger partial charge in [-0.25, -0.2) is 0 Å². The lowest BCUT2D eigenvalue weighted by molar-refractivity contribution is -0.164. The molecule has 1 aliphatic rings. The van der Waals surface area contributed by atoms with Crippen LogP contribution in [0, 0.1) is 5.92 Å². The number of carboxylic acid groups (broad SMARTS) is 2. The highest BCUT2D eigenvalue weighted by atomic mass is 16.5. The molecule has 0 radical (unpaired) electrons. The maximum Gasteiger partial charge on any atom is 0.321 e. The number of aliphatic carboxylic acids is 2. The van der Waals surface area contributed by atoms with Crippen LogP contribution in [0.5, 0.6) is 0 Å². The number of piperidine rings is 1. The summed E-state index contributed by atoms with van der Waals surface area (Å²) in [6.45, 7) is 4.02. The molecule has 7 heteroatoms. The van der Waals surface area contributed by atoms with E-state index in [1.54, 1.807) is 4.90 Å². The van der Waals surface area contributed by atoms with E-state index in [-0.39, 0.29) is 12.5 Å². The lowest BCUT2D eigenvalue weighted by atomic mass is 9.87. The number of benzene rings is 1. The van der Waals surface area contributed by atoms with Gasteiger partial charge < -0.3 is 19.7 Å². The predicted molar refractivity (Wildman–Crippen MR) is 90.3 cm³/mol. The molecule has 0 aromatic heterocycles. The first-order valence-corrected chi connectivity index (χ1v) is 8.45. The fourth-order valence-corrected chi connectivity index (χ4v) is 3.20. The van der Waals surface area contributed by atoms with Gasteiger partial charge in [-0.3, -0.25) is 14.5 Å². The van der Waals surface area contributed by atoms with Crippen LogP contribution in [0.2, 0.25) is 0 Å². The second-order valence-corrected chi connectivity index (χ2v) is 6.07. The van der Waals surface area contributed by atoms with Crippen LogP contribution >= 0.6 is 0 Å². The van der Waals surface area contributed by atoms with Crippen molar-refractivity contribution in [1.82, 2.24) is 4.90 Å². The van der Waals surface area contributed by atoms with Gasteiger partial charge in [0.05, 0.1) is 25.2 Å². The Hall–Kier alpha value is -1.96. The van der Waals surface area contributed by atoms with Gasteiger partial charge in [0.25, 0.3) is 0 Å². The Bertz CT molecular complexity index is 564. The maximum absolute atomic E-state index is 11.7. The molecule has 0 amide bonds. The van der Waals surface area contributed by atoms with Crippen molar-refractivity contribution in [2.24, 2.45) is 5.92 Å². The van der Waals surface area contributed by atoms with Crippen LogP contribution in [0.3, 0.4) is 0 Å². The SMILES string of the molecule is CCOCCO[C@H]1C[C@H](C(=O)O)[C@@H](C(=O)O)N(Cc2ccccc2)C1. The Morgan fingerprint density at radius 3 is 2.48 bits per heavy atom. The van der Waals surface area contributed by atoms with Gasteiger partial charge in [0, 0.05) is 19.7 Å². The van der Waals surface area contributed by atoms with Crippen molar-refractivity contribution in [2.75, 3.05) is 26.4 Å². The van der Waals surface area contributed by atoms with Crippen LogP contribution in [-0.4, -0.2) is 65.6 Å². The molecule has 138 valence electrons. The summed E-state index contributed by atoms with van der Waals surface area (Å²) in [5, 5.41) is 19.1. The van der Waals surface area contributed by atoms with Crippen LogP contribution in [0.25, 0.3) is 0 Å². The smallest absolute Gasteiger partial charge is 0.321 e. The molecular weight excluding hydrogens is 326 g/mol. The van der Waals surface area contributed by atoms with E-state index in [1.165, 1.54) is 0 Å². The molecule has 0 bridgehead atoms. The molecule has 1 aromatic carbocycles. The summed E-state index contributed by atoms with van der Waals surface area (Å²) in [5.41, 5.74) is 0.938. The van der Waals surface area contributed by atoms with E-state index in [0.717, 1.165) is 5.56 Å². The van der Waals surface area contributed by atoms with Crippen molar-refractivity contribution in [2.45, 2.75) is 32.0 Å². The predicted octanol–water partition coefficient (Wildman–Crippen LogP) is 1.47. The molecule has 0 saturated carbocycles. The zero-order valence-corrected chi connectivity index (χ0v) is 14.3. The summed E-state index contributed by atoms with van der Waals surface area (Å²) >= 11 is 0. The monoisotopic (exact) mass is 351 g/mol. The van der Waals surface area contributed by atoms with E-state index < -0.39 is 23.9 Å². The molecule has 7 nitrogen and oxygen atoms in total. The number of nitrogens with zero attached hydrogens (tertiary/aromatic N) is 1. The van der Waals surface area contributed by atoms with E-state index in [2.05, 4.69) is 0 Å². The first-order chi connectivity index (χ1) is 12.0. The molecule has 2 rings (SSSR count). The van der Waals surface area contributed by atoms with Crippen LogP contribution < -0.4 is 0 Å². The fourth-order valence-electron chi connectivity index (χ4n) is 3.20.